The number of nitrogens with one attached hydrogen (secondary N) is 2. The van der Waals surface area contributed by atoms with Crippen LogP contribution < -0.4 is 10.2 Å². The minimum Gasteiger partial charge on any atom is -0.369 e. The average Bonchev–Trinajstić information content (AvgIpc) is 3.12. The van der Waals surface area contributed by atoms with Crippen LogP contribution in [0.15, 0.2) is 36.4 Å². The van der Waals surface area contributed by atoms with Crippen LogP contribution in [0.25, 0.3) is 10.9 Å². The molecule has 1 aliphatic heterocycles. The van der Waals surface area contributed by atoms with Gasteiger partial charge in [-0.2, -0.15) is 5.10 Å². The highest BCUT2D eigenvalue weighted by atomic mass is 16.1. The van der Waals surface area contributed by atoms with Crippen molar-refractivity contribution in [3.63, 3.8) is 0 Å². The van der Waals surface area contributed by atoms with Crippen LogP contribution in [0.3, 0.4) is 0 Å². The molecule has 0 saturated carbocycles. The molecule has 0 spiro atoms. The van der Waals surface area contributed by atoms with Crippen molar-refractivity contribution in [1.82, 2.24) is 15.1 Å². The Kier molecular flexibility index (Phi) is 5.05. The van der Waals surface area contributed by atoms with Gasteiger partial charge in [0.2, 0.25) is 0 Å². The number of amides is 1. The molecule has 0 bridgehead atoms. The molecule has 6 nitrogen and oxygen atoms in total. The summed E-state index contributed by atoms with van der Waals surface area (Å²) < 4.78 is 0. The first kappa shape index (κ1) is 18.5. The topological polar surface area (TPSA) is 64.3 Å². The molecule has 2 N–H and O–H groups in total. The first-order chi connectivity index (χ1) is 13.5. The summed E-state index contributed by atoms with van der Waals surface area (Å²) in [5.41, 5.74) is 5.50. The Labute approximate surface area is 165 Å². The molecule has 0 radical (unpaired) electrons. The summed E-state index contributed by atoms with van der Waals surface area (Å²) in [6.07, 6.45) is 0. The van der Waals surface area contributed by atoms with Gasteiger partial charge in [0.15, 0.2) is 5.69 Å². The second-order valence-electron chi connectivity index (χ2n) is 7.50. The van der Waals surface area contributed by atoms with Gasteiger partial charge in [-0.05, 0) is 56.3 Å². The van der Waals surface area contributed by atoms with Crippen LogP contribution in [0.5, 0.6) is 0 Å². The normalized spacial score (nSPS) is 15.2. The number of aryl methyl sites for hydroxylation is 2. The predicted octanol–water partition coefficient (Wildman–Crippen LogP) is 3.57. The number of aromatic amines is 1. The molecule has 1 fully saturated rings. The van der Waals surface area contributed by atoms with Crippen molar-refractivity contribution < 1.29 is 4.79 Å². The standard InChI is InChI=1S/C22H27N5O/c1-4-26-9-11-27(12-10-26)17-6-8-19(16(3)14-17)23-22(28)21-18-13-15(2)5-7-20(18)24-25-21/h5-8,13-14H,4,9-12H2,1-3H3,(H,23,28)(H,24,25). The highest BCUT2D eigenvalue weighted by molar-refractivity contribution is 6.11. The fourth-order valence-electron chi connectivity index (χ4n) is 3.79. The van der Waals surface area contributed by atoms with Crippen molar-refractivity contribution in [3.8, 4) is 0 Å². The van der Waals surface area contributed by atoms with E-state index in [1.807, 2.05) is 38.1 Å². The van der Waals surface area contributed by atoms with E-state index in [9.17, 15) is 4.79 Å². The van der Waals surface area contributed by atoms with Gasteiger partial charge >= 0.3 is 0 Å². The minimum absolute atomic E-state index is 0.190. The van der Waals surface area contributed by atoms with E-state index < -0.39 is 0 Å². The number of hydrogen-bond acceptors (Lipinski definition) is 4. The van der Waals surface area contributed by atoms with Gasteiger partial charge in [-0.25, -0.2) is 0 Å². The van der Waals surface area contributed by atoms with Crippen molar-refractivity contribution in [2.24, 2.45) is 0 Å². The monoisotopic (exact) mass is 377 g/mol. The van der Waals surface area contributed by atoms with Crippen molar-refractivity contribution >= 4 is 28.2 Å². The van der Waals surface area contributed by atoms with Crippen LogP contribution in [-0.4, -0.2) is 53.7 Å². The van der Waals surface area contributed by atoms with E-state index in [4.69, 9.17) is 0 Å². The summed E-state index contributed by atoms with van der Waals surface area (Å²) in [7, 11) is 0. The van der Waals surface area contributed by atoms with Gasteiger partial charge in [0, 0.05) is 42.9 Å². The number of fused-ring (bicyclic) bond motifs is 1. The van der Waals surface area contributed by atoms with Crippen LogP contribution in [0.2, 0.25) is 0 Å². The molecule has 1 aromatic heterocycles. The van der Waals surface area contributed by atoms with E-state index in [-0.39, 0.29) is 5.91 Å². The maximum atomic E-state index is 12.8. The molecule has 1 saturated heterocycles. The number of nitrogens with zero attached hydrogens (tertiary/aromatic N) is 3. The molecule has 0 unspecified atom stereocenters. The van der Waals surface area contributed by atoms with Gasteiger partial charge in [0.25, 0.3) is 5.91 Å². The molecule has 0 atom stereocenters. The van der Waals surface area contributed by atoms with Crippen molar-refractivity contribution in [2.75, 3.05) is 42.9 Å². The highest BCUT2D eigenvalue weighted by Crippen LogP contribution is 2.25. The van der Waals surface area contributed by atoms with E-state index in [2.05, 4.69) is 44.4 Å². The molecule has 1 amide bonds. The largest absolute Gasteiger partial charge is 0.369 e. The van der Waals surface area contributed by atoms with Crippen molar-refractivity contribution in [2.45, 2.75) is 20.8 Å². The van der Waals surface area contributed by atoms with Crippen LogP contribution in [0, 0.1) is 13.8 Å². The maximum Gasteiger partial charge on any atom is 0.276 e. The lowest BCUT2D eigenvalue weighted by Gasteiger charge is -2.35. The fourth-order valence-corrected chi connectivity index (χ4v) is 3.79. The van der Waals surface area contributed by atoms with Crippen molar-refractivity contribution in [3.05, 3.63) is 53.2 Å². The third-order valence-electron chi connectivity index (χ3n) is 5.58. The number of aromatic nitrogens is 2. The number of rotatable bonds is 4. The first-order valence-electron chi connectivity index (χ1n) is 9.89. The predicted molar refractivity (Wildman–Crippen MR) is 114 cm³/mol. The summed E-state index contributed by atoms with van der Waals surface area (Å²) in [5.74, 6) is -0.190. The molecule has 1 aliphatic rings. The Morgan fingerprint density at radius 2 is 1.89 bits per heavy atom. The Morgan fingerprint density at radius 3 is 2.61 bits per heavy atom. The van der Waals surface area contributed by atoms with E-state index in [0.717, 1.165) is 60.4 Å². The third-order valence-corrected chi connectivity index (χ3v) is 5.58. The molecule has 6 heteroatoms. The van der Waals surface area contributed by atoms with Crippen LogP contribution in [-0.2, 0) is 0 Å². The lowest BCUT2D eigenvalue weighted by atomic mass is 10.1. The SMILES string of the molecule is CCN1CCN(c2ccc(NC(=O)c3n[nH]c4ccc(C)cc34)c(C)c2)CC1. The molecule has 28 heavy (non-hydrogen) atoms. The molecular weight excluding hydrogens is 350 g/mol. The molecule has 2 aromatic carbocycles. The van der Waals surface area contributed by atoms with Gasteiger partial charge in [0.1, 0.15) is 0 Å². The maximum absolute atomic E-state index is 12.8. The quantitative estimate of drug-likeness (QED) is 0.730. The average molecular weight is 377 g/mol. The fraction of sp³-hybridized carbons (Fsp3) is 0.364. The summed E-state index contributed by atoms with van der Waals surface area (Å²) in [5, 5.41) is 11.0. The molecule has 146 valence electrons. The minimum atomic E-state index is -0.190. The summed E-state index contributed by atoms with van der Waals surface area (Å²) in [6.45, 7) is 11.6. The zero-order valence-electron chi connectivity index (χ0n) is 16.7. The molecule has 4 rings (SSSR count). The molecule has 3 aromatic rings. The molecule has 2 heterocycles. The Bertz CT molecular complexity index is 1000. The second-order valence-corrected chi connectivity index (χ2v) is 7.50. The Hall–Kier alpha value is -2.86. The summed E-state index contributed by atoms with van der Waals surface area (Å²) in [4.78, 5) is 17.7. The number of benzene rings is 2. The number of anilines is 2. The number of carbonyl (C=O) groups excluding carboxylic acids is 1. The molecular formula is C22H27N5O. The van der Waals surface area contributed by atoms with Crippen LogP contribution >= 0.6 is 0 Å². The van der Waals surface area contributed by atoms with E-state index >= 15 is 0 Å². The number of piperazine rings is 1. The number of H-pyrrole nitrogens is 1. The van der Waals surface area contributed by atoms with Crippen molar-refractivity contribution in [1.29, 1.82) is 0 Å². The van der Waals surface area contributed by atoms with Crippen LogP contribution in [0.4, 0.5) is 11.4 Å². The molecule has 0 aliphatic carbocycles. The first-order valence-corrected chi connectivity index (χ1v) is 9.89. The van der Waals surface area contributed by atoms with E-state index in [1.165, 1.54) is 5.69 Å². The van der Waals surface area contributed by atoms with Crippen LogP contribution in [0.1, 0.15) is 28.5 Å². The third kappa shape index (κ3) is 3.60. The Balaban J connectivity index is 1.50. The smallest absolute Gasteiger partial charge is 0.276 e. The zero-order chi connectivity index (χ0) is 19.7. The summed E-state index contributed by atoms with van der Waals surface area (Å²) in [6, 6.07) is 12.2. The zero-order valence-corrected chi connectivity index (χ0v) is 16.7. The van der Waals surface area contributed by atoms with Gasteiger partial charge in [-0.15, -0.1) is 0 Å². The highest BCUT2D eigenvalue weighted by Gasteiger charge is 2.18. The number of carbonyl (C=O) groups is 1. The van der Waals surface area contributed by atoms with Gasteiger partial charge in [0.05, 0.1) is 5.52 Å². The number of likely N-dealkylation sites (N-methyl/N-ethyl adjacent to an activating group) is 1. The lowest BCUT2D eigenvalue weighted by Crippen LogP contribution is -2.46. The lowest BCUT2D eigenvalue weighted by molar-refractivity contribution is 0.102. The summed E-state index contributed by atoms with van der Waals surface area (Å²) >= 11 is 0. The van der Waals surface area contributed by atoms with Gasteiger partial charge in [-0.3, -0.25) is 9.89 Å². The Morgan fingerprint density at radius 1 is 1.11 bits per heavy atom. The van der Waals surface area contributed by atoms with E-state index in [0.29, 0.717) is 5.69 Å². The second kappa shape index (κ2) is 7.64. The number of hydrogen-bond donors (Lipinski definition) is 2. The van der Waals surface area contributed by atoms with E-state index in [1.54, 1.807) is 0 Å². The van der Waals surface area contributed by atoms with Gasteiger partial charge < -0.3 is 15.1 Å². The van der Waals surface area contributed by atoms with Gasteiger partial charge in [-0.1, -0.05) is 18.6 Å².